The molecule has 0 bridgehead atoms. The first-order chi connectivity index (χ1) is 19.3. The van der Waals surface area contributed by atoms with Crippen LogP contribution in [-0.4, -0.2) is 54.4 Å². The van der Waals surface area contributed by atoms with E-state index in [1.54, 1.807) is 13.2 Å². The first-order valence-electron chi connectivity index (χ1n) is 14.8. The molecule has 0 aromatic heterocycles. The highest BCUT2D eigenvalue weighted by atomic mass is 16.5. The third-order valence-electron chi connectivity index (χ3n) is 7.95. The van der Waals surface area contributed by atoms with Crippen LogP contribution in [0.5, 0.6) is 11.5 Å². The van der Waals surface area contributed by atoms with E-state index in [1.807, 2.05) is 19.1 Å². The van der Waals surface area contributed by atoms with Gasteiger partial charge in [0.15, 0.2) is 23.2 Å². The first kappa shape index (κ1) is 31.5. The number of nitrogens with two attached hydrogens (primary N) is 2. The fourth-order valence-corrected chi connectivity index (χ4v) is 5.65. The summed E-state index contributed by atoms with van der Waals surface area (Å²) in [6.07, 6.45) is 12.8. The number of nitrogens with zero attached hydrogens (tertiary/aromatic N) is 1. The van der Waals surface area contributed by atoms with Gasteiger partial charge in [0.25, 0.3) is 0 Å². The second-order valence-electron chi connectivity index (χ2n) is 11.1. The zero-order valence-electron chi connectivity index (χ0n) is 24.2. The number of aromatic hydroxyl groups is 1. The number of rotatable bonds is 13. The van der Waals surface area contributed by atoms with Gasteiger partial charge in [-0.15, -0.1) is 0 Å². The van der Waals surface area contributed by atoms with E-state index in [1.165, 1.54) is 0 Å². The summed E-state index contributed by atoms with van der Waals surface area (Å²) in [6.45, 7) is 2.68. The third kappa shape index (κ3) is 9.57. The van der Waals surface area contributed by atoms with Crippen LogP contribution in [0.1, 0.15) is 87.8 Å². The molecule has 8 heteroatoms. The monoisotopic (exact) mass is 553 g/mol. The fourth-order valence-electron chi connectivity index (χ4n) is 5.65. The summed E-state index contributed by atoms with van der Waals surface area (Å²) in [5.41, 5.74) is 13.8. The Balaban J connectivity index is 1.98. The Kier molecular flexibility index (Phi) is 12.8. The van der Waals surface area contributed by atoms with Crippen LogP contribution in [0.2, 0.25) is 0 Å². The molecule has 220 valence electrons. The minimum Gasteiger partial charge on any atom is -0.504 e. The SMILES string of the molecule is CC[C@H](/C=C/C(=O)CCc1cc(OC2CCCC2)c(O)c2c1C#CC[C@H](N=C(N)N)CC[C@H](COC)C2)CCO. The molecule has 0 amide bonds. The molecule has 8 nitrogen and oxygen atoms in total. The van der Waals surface area contributed by atoms with Gasteiger partial charge < -0.3 is 31.2 Å². The number of guanidine groups is 1. The summed E-state index contributed by atoms with van der Waals surface area (Å²) < 4.78 is 11.9. The Morgan fingerprint density at radius 1 is 1.25 bits per heavy atom. The number of carbonyl (C=O) groups is 1. The second kappa shape index (κ2) is 16.3. The number of hydrogen-bond acceptors (Lipinski definition) is 6. The Morgan fingerprint density at radius 2 is 2.02 bits per heavy atom. The van der Waals surface area contributed by atoms with Gasteiger partial charge >= 0.3 is 0 Å². The summed E-state index contributed by atoms with van der Waals surface area (Å²) in [4.78, 5) is 17.2. The molecule has 6 N–H and O–H groups in total. The smallest absolute Gasteiger partial charge is 0.186 e. The van der Waals surface area contributed by atoms with E-state index in [9.17, 15) is 15.0 Å². The summed E-state index contributed by atoms with van der Waals surface area (Å²) >= 11 is 0. The Morgan fingerprint density at radius 3 is 2.70 bits per heavy atom. The van der Waals surface area contributed by atoms with E-state index in [0.29, 0.717) is 44.5 Å². The number of ketones is 1. The van der Waals surface area contributed by atoms with Crippen molar-refractivity contribution in [3.05, 3.63) is 34.9 Å². The number of aliphatic hydroxyl groups excluding tert-OH is 1. The lowest BCUT2D eigenvalue weighted by molar-refractivity contribution is -0.114. The number of fused-ring (bicyclic) bond motifs is 1. The maximum absolute atomic E-state index is 12.8. The van der Waals surface area contributed by atoms with Crippen LogP contribution in [0.3, 0.4) is 0 Å². The molecule has 0 saturated heterocycles. The number of phenolic OH excluding ortho intramolecular Hbond substituents is 1. The van der Waals surface area contributed by atoms with Crippen molar-refractivity contribution in [2.45, 2.75) is 96.1 Å². The van der Waals surface area contributed by atoms with E-state index in [4.69, 9.17) is 20.9 Å². The van der Waals surface area contributed by atoms with Crippen molar-refractivity contribution in [2.24, 2.45) is 28.3 Å². The number of phenols is 1. The number of allylic oxidation sites excluding steroid dienone is 2. The zero-order chi connectivity index (χ0) is 28.9. The molecule has 2 aliphatic rings. The molecule has 1 aromatic rings. The summed E-state index contributed by atoms with van der Waals surface area (Å²) in [5.74, 6) is 7.57. The number of aryl methyl sites for hydroxylation is 1. The highest BCUT2D eigenvalue weighted by molar-refractivity contribution is 5.89. The molecule has 0 spiro atoms. The van der Waals surface area contributed by atoms with Crippen molar-refractivity contribution in [1.29, 1.82) is 0 Å². The van der Waals surface area contributed by atoms with E-state index >= 15 is 0 Å². The van der Waals surface area contributed by atoms with Gasteiger partial charge in [-0.3, -0.25) is 4.79 Å². The number of aliphatic hydroxyl groups is 1. The molecule has 0 radical (unpaired) electrons. The molecule has 1 aromatic carbocycles. The number of aliphatic imine (C=N–C) groups is 1. The molecule has 0 unspecified atom stereocenters. The number of methoxy groups -OCH3 is 1. The molecule has 1 saturated carbocycles. The summed E-state index contributed by atoms with van der Waals surface area (Å²) in [6, 6.07) is 1.76. The van der Waals surface area contributed by atoms with Crippen molar-refractivity contribution >= 4 is 11.7 Å². The minimum absolute atomic E-state index is 0.0226. The quantitative estimate of drug-likeness (QED) is 0.124. The average molecular weight is 554 g/mol. The van der Waals surface area contributed by atoms with E-state index in [-0.39, 0.29) is 48.1 Å². The highest BCUT2D eigenvalue weighted by Gasteiger charge is 2.25. The average Bonchev–Trinajstić information content (AvgIpc) is 3.44. The van der Waals surface area contributed by atoms with Gasteiger partial charge in [-0.05, 0) is 93.7 Å². The predicted molar refractivity (Wildman–Crippen MR) is 158 cm³/mol. The Bertz CT molecular complexity index is 1090. The van der Waals surface area contributed by atoms with E-state index in [2.05, 4.69) is 16.8 Å². The fraction of sp³-hybridized carbons (Fsp3) is 0.625. The van der Waals surface area contributed by atoms with Gasteiger partial charge in [-0.25, -0.2) is 4.99 Å². The van der Waals surface area contributed by atoms with E-state index in [0.717, 1.165) is 61.6 Å². The highest BCUT2D eigenvalue weighted by Crippen LogP contribution is 2.40. The second-order valence-corrected chi connectivity index (χ2v) is 11.1. The molecule has 2 aliphatic carbocycles. The van der Waals surface area contributed by atoms with Crippen molar-refractivity contribution in [3.8, 4) is 23.3 Å². The van der Waals surface area contributed by atoms with Gasteiger partial charge in [-0.2, -0.15) is 0 Å². The van der Waals surface area contributed by atoms with Crippen LogP contribution in [0, 0.1) is 23.7 Å². The van der Waals surface area contributed by atoms with Crippen LogP contribution in [0.25, 0.3) is 0 Å². The van der Waals surface area contributed by atoms with Crippen LogP contribution >= 0.6 is 0 Å². The summed E-state index contributed by atoms with van der Waals surface area (Å²) in [7, 11) is 1.68. The lowest BCUT2D eigenvalue weighted by atomic mass is 9.86. The van der Waals surface area contributed by atoms with Crippen LogP contribution < -0.4 is 16.2 Å². The van der Waals surface area contributed by atoms with Gasteiger partial charge in [0.1, 0.15) is 0 Å². The Labute approximate surface area is 239 Å². The van der Waals surface area contributed by atoms with Crippen molar-refractivity contribution in [2.75, 3.05) is 20.3 Å². The molecular weight excluding hydrogens is 506 g/mol. The van der Waals surface area contributed by atoms with Gasteiger partial charge in [-0.1, -0.05) is 24.8 Å². The van der Waals surface area contributed by atoms with Gasteiger partial charge in [0.05, 0.1) is 12.1 Å². The molecule has 3 rings (SSSR count). The molecule has 0 heterocycles. The maximum Gasteiger partial charge on any atom is 0.186 e. The Hall–Kier alpha value is -3.02. The first-order valence-corrected chi connectivity index (χ1v) is 14.8. The number of hydrogen-bond donors (Lipinski definition) is 4. The molecule has 3 atom stereocenters. The van der Waals surface area contributed by atoms with Gasteiger partial charge in [0, 0.05) is 44.3 Å². The number of ether oxygens (including phenoxy) is 2. The van der Waals surface area contributed by atoms with Crippen molar-refractivity contribution in [1.82, 2.24) is 0 Å². The normalized spacial score (nSPS) is 20.4. The molecule has 0 aliphatic heterocycles. The zero-order valence-corrected chi connectivity index (χ0v) is 24.2. The predicted octanol–water partition coefficient (Wildman–Crippen LogP) is 4.16. The lowest BCUT2D eigenvalue weighted by Crippen LogP contribution is -2.26. The topological polar surface area (TPSA) is 140 Å². The molecule has 40 heavy (non-hydrogen) atoms. The lowest BCUT2D eigenvalue weighted by Gasteiger charge is -2.24. The van der Waals surface area contributed by atoms with Gasteiger partial charge in [0.2, 0.25) is 0 Å². The van der Waals surface area contributed by atoms with E-state index < -0.39 is 0 Å². The van der Waals surface area contributed by atoms with Crippen molar-refractivity contribution < 1.29 is 24.5 Å². The minimum atomic E-state index is -0.113. The largest absolute Gasteiger partial charge is 0.504 e. The molecular formula is C32H47N3O5. The standard InChI is InChI=1S/C32H47N3O5/c1-3-22(17-18-36)12-15-26(37)16-13-24-20-30(40-27-8-4-5-9-27)31(38)29-19-23(21-39-2)11-14-25(35-32(33)34)7-6-10-28(24)29/h12,15,20,22-23,25,27,36,38H,3-5,7-9,11,13-14,16-19,21H2,1-2H3,(H4,33,34,35)/b15-12+/t22-,23+,25+/m1/s1. The summed E-state index contributed by atoms with van der Waals surface area (Å²) in [5, 5.41) is 20.7. The number of benzene rings is 1. The van der Waals surface area contributed by atoms with Crippen molar-refractivity contribution in [3.63, 3.8) is 0 Å². The third-order valence-corrected chi connectivity index (χ3v) is 7.95. The molecule has 1 fully saturated rings. The van der Waals surface area contributed by atoms with Crippen LogP contribution in [-0.2, 0) is 22.4 Å². The van der Waals surface area contributed by atoms with Crippen LogP contribution in [0.15, 0.2) is 23.2 Å². The maximum atomic E-state index is 12.8. The van der Waals surface area contributed by atoms with Crippen LogP contribution in [0.4, 0.5) is 0 Å². The number of carbonyl (C=O) groups excluding carboxylic acids is 1.